The average molecular weight is 278 g/mol. The average Bonchev–Trinajstić information content (AvgIpc) is 2.75. The van der Waals surface area contributed by atoms with Crippen LogP contribution in [0.4, 0.5) is 0 Å². The Morgan fingerprint density at radius 2 is 2.16 bits per heavy atom. The molecular weight excluding hydrogens is 260 g/mol. The molecule has 0 saturated carbocycles. The number of carboxylic acids is 1. The van der Waals surface area contributed by atoms with Crippen LogP contribution in [0.3, 0.4) is 0 Å². The Labute approximate surface area is 116 Å². The van der Waals surface area contributed by atoms with Crippen LogP contribution in [0.1, 0.15) is 26.2 Å². The van der Waals surface area contributed by atoms with E-state index in [1.54, 1.807) is 0 Å². The molecule has 2 aromatic rings. The molecule has 1 N–H and O–H groups in total. The second-order valence-electron chi connectivity index (χ2n) is 4.42. The minimum Gasteiger partial charge on any atom is -0.481 e. The monoisotopic (exact) mass is 278 g/mol. The molecule has 0 saturated heterocycles. The van der Waals surface area contributed by atoms with Gasteiger partial charge in [0.25, 0.3) is 0 Å². The van der Waals surface area contributed by atoms with Gasteiger partial charge in [-0.1, -0.05) is 43.7 Å². The first-order valence-electron chi connectivity index (χ1n) is 6.52. The number of carboxylic acid groups (broad SMARTS) is 1. The second-order valence-corrected chi connectivity index (χ2v) is 5.37. The van der Waals surface area contributed by atoms with Crippen LogP contribution < -0.4 is 0 Å². The molecule has 102 valence electrons. The maximum Gasteiger partial charge on any atom is 0.313 e. The third-order valence-electron chi connectivity index (χ3n) is 2.93. The lowest BCUT2D eigenvalue weighted by molar-refractivity contribution is -0.133. The van der Waals surface area contributed by atoms with Crippen molar-refractivity contribution < 1.29 is 9.90 Å². The summed E-state index contributed by atoms with van der Waals surface area (Å²) < 4.78 is 2.14. The number of aromatic nitrogens is 2. The number of hydrogen-bond acceptors (Lipinski definition) is 3. The minimum absolute atomic E-state index is 0.0527. The fourth-order valence-electron chi connectivity index (χ4n) is 2.03. The molecule has 0 atom stereocenters. The summed E-state index contributed by atoms with van der Waals surface area (Å²) in [4.78, 5) is 15.2. The van der Waals surface area contributed by atoms with Crippen molar-refractivity contribution in [2.45, 2.75) is 37.9 Å². The van der Waals surface area contributed by atoms with Crippen molar-refractivity contribution in [3.05, 3.63) is 24.3 Å². The number of thioether (sulfide) groups is 1. The van der Waals surface area contributed by atoms with Gasteiger partial charge in [-0.05, 0) is 18.6 Å². The van der Waals surface area contributed by atoms with Gasteiger partial charge < -0.3 is 9.67 Å². The Bertz CT molecular complexity index is 566. The van der Waals surface area contributed by atoms with Gasteiger partial charge in [-0.3, -0.25) is 4.79 Å². The van der Waals surface area contributed by atoms with E-state index in [0.717, 1.165) is 29.2 Å². The topological polar surface area (TPSA) is 55.1 Å². The highest BCUT2D eigenvalue weighted by molar-refractivity contribution is 7.99. The fourth-order valence-corrected chi connectivity index (χ4v) is 2.79. The molecule has 1 aromatic heterocycles. The lowest BCUT2D eigenvalue weighted by atomic mass is 10.2. The molecule has 0 unspecified atom stereocenters. The first kappa shape index (κ1) is 13.9. The Balaban J connectivity index is 2.26. The number of unbranched alkanes of at least 4 members (excludes halogenated alkanes) is 2. The number of imidazole rings is 1. The van der Waals surface area contributed by atoms with Crippen molar-refractivity contribution in [3.8, 4) is 0 Å². The van der Waals surface area contributed by atoms with Crippen molar-refractivity contribution in [1.82, 2.24) is 9.55 Å². The van der Waals surface area contributed by atoms with Crippen LogP contribution in [0.15, 0.2) is 29.4 Å². The zero-order valence-corrected chi connectivity index (χ0v) is 11.8. The van der Waals surface area contributed by atoms with Crippen LogP contribution in [0.2, 0.25) is 0 Å². The summed E-state index contributed by atoms with van der Waals surface area (Å²) in [5, 5.41) is 9.60. The molecule has 1 heterocycles. The van der Waals surface area contributed by atoms with Gasteiger partial charge >= 0.3 is 5.97 Å². The first-order valence-corrected chi connectivity index (χ1v) is 7.50. The first-order chi connectivity index (χ1) is 9.22. The molecule has 4 nitrogen and oxygen atoms in total. The van der Waals surface area contributed by atoms with Gasteiger partial charge in [0.1, 0.15) is 0 Å². The number of fused-ring (bicyclic) bond motifs is 1. The normalized spacial score (nSPS) is 11.0. The Kier molecular flexibility index (Phi) is 4.85. The summed E-state index contributed by atoms with van der Waals surface area (Å²) in [5.41, 5.74) is 2.03. The predicted molar refractivity (Wildman–Crippen MR) is 77.6 cm³/mol. The second kappa shape index (κ2) is 6.61. The van der Waals surface area contributed by atoms with E-state index in [0.29, 0.717) is 0 Å². The minimum atomic E-state index is -0.808. The van der Waals surface area contributed by atoms with E-state index in [1.165, 1.54) is 24.6 Å². The number of rotatable bonds is 7. The van der Waals surface area contributed by atoms with Crippen LogP contribution in [0, 0.1) is 0 Å². The van der Waals surface area contributed by atoms with Crippen LogP contribution >= 0.6 is 11.8 Å². The van der Waals surface area contributed by atoms with E-state index >= 15 is 0 Å². The summed E-state index contributed by atoms with van der Waals surface area (Å²) in [6, 6.07) is 7.96. The van der Waals surface area contributed by atoms with Crippen LogP contribution in [-0.4, -0.2) is 26.4 Å². The van der Waals surface area contributed by atoms with Gasteiger partial charge in [-0.2, -0.15) is 0 Å². The molecule has 0 radical (unpaired) electrons. The van der Waals surface area contributed by atoms with Crippen molar-refractivity contribution in [1.29, 1.82) is 0 Å². The number of hydrogen-bond donors (Lipinski definition) is 1. The van der Waals surface area contributed by atoms with Gasteiger partial charge in [0, 0.05) is 6.54 Å². The third-order valence-corrected chi connectivity index (χ3v) is 3.89. The molecule has 0 amide bonds. The quantitative estimate of drug-likeness (QED) is 0.623. The highest BCUT2D eigenvalue weighted by atomic mass is 32.2. The standard InChI is InChI=1S/C14H18N2O2S/c1-2-3-6-9-16-12-8-5-4-7-11(12)15-14(16)19-10-13(17)18/h4-5,7-8H,2-3,6,9-10H2,1H3,(H,17,18). The van der Waals surface area contributed by atoms with Crippen molar-refractivity contribution >= 4 is 28.8 Å². The van der Waals surface area contributed by atoms with E-state index in [9.17, 15) is 4.79 Å². The van der Waals surface area contributed by atoms with Gasteiger partial charge in [0.2, 0.25) is 0 Å². The summed E-state index contributed by atoms with van der Waals surface area (Å²) in [5.74, 6) is -0.756. The van der Waals surface area contributed by atoms with Gasteiger partial charge in [-0.25, -0.2) is 4.98 Å². The molecule has 0 spiro atoms. The molecule has 0 aliphatic carbocycles. The molecule has 19 heavy (non-hydrogen) atoms. The summed E-state index contributed by atoms with van der Waals surface area (Å²) in [7, 11) is 0. The lowest BCUT2D eigenvalue weighted by Gasteiger charge is -2.07. The highest BCUT2D eigenvalue weighted by Gasteiger charge is 2.11. The zero-order valence-electron chi connectivity index (χ0n) is 11.0. The Hall–Kier alpha value is -1.49. The largest absolute Gasteiger partial charge is 0.481 e. The number of carbonyl (C=O) groups is 1. The number of aliphatic carboxylic acids is 1. The van der Waals surface area contributed by atoms with Crippen molar-refractivity contribution in [2.24, 2.45) is 0 Å². The smallest absolute Gasteiger partial charge is 0.313 e. The number of para-hydroxylation sites is 2. The lowest BCUT2D eigenvalue weighted by Crippen LogP contribution is -2.03. The Morgan fingerprint density at radius 3 is 2.89 bits per heavy atom. The Morgan fingerprint density at radius 1 is 1.37 bits per heavy atom. The van der Waals surface area contributed by atoms with Crippen molar-refractivity contribution in [3.63, 3.8) is 0 Å². The van der Waals surface area contributed by atoms with E-state index in [2.05, 4.69) is 16.5 Å². The maximum absolute atomic E-state index is 10.7. The zero-order chi connectivity index (χ0) is 13.7. The molecule has 0 aliphatic heterocycles. The molecule has 0 aliphatic rings. The summed E-state index contributed by atoms with van der Waals surface area (Å²) in [6.07, 6.45) is 3.44. The summed E-state index contributed by atoms with van der Waals surface area (Å²) in [6.45, 7) is 3.07. The van der Waals surface area contributed by atoms with E-state index in [-0.39, 0.29) is 5.75 Å². The van der Waals surface area contributed by atoms with Crippen LogP contribution in [0.25, 0.3) is 11.0 Å². The van der Waals surface area contributed by atoms with Crippen molar-refractivity contribution in [2.75, 3.05) is 5.75 Å². The van der Waals surface area contributed by atoms with Crippen LogP contribution in [0.5, 0.6) is 0 Å². The van der Waals surface area contributed by atoms with E-state index < -0.39 is 5.97 Å². The SMILES string of the molecule is CCCCCn1c(SCC(=O)O)nc2ccccc21. The van der Waals surface area contributed by atoms with Gasteiger partial charge in [0.05, 0.1) is 16.8 Å². The molecule has 0 fully saturated rings. The summed E-state index contributed by atoms with van der Waals surface area (Å²) >= 11 is 1.29. The number of nitrogens with zero attached hydrogens (tertiary/aromatic N) is 2. The molecule has 1 aromatic carbocycles. The van der Waals surface area contributed by atoms with Crippen LogP contribution in [-0.2, 0) is 11.3 Å². The fraction of sp³-hybridized carbons (Fsp3) is 0.429. The third kappa shape index (κ3) is 3.50. The molecule has 0 bridgehead atoms. The van der Waals surface area contributed by atoms with E-state index in [4.69, 9.17) is 5.11 Å². The van der Waals surface area contributed by atoms with E-state index in [1.807, 2.05) is 24.3 Å². The maximum atomic E-state index is 10.7. The number of benzene rings is 1. The van der Waals surface area contributed by atoms with Gasteiger partial charge in [-0.15, -0.1) is 0 Å². The van der Waals surface area contributed by atoms with Gasteiger partial charge in [0.15, 0.2) is 5.16 Å². The predicted octanol–water partition coefficient (Wildman–Crippen LogP) is 3.40. The highest BCUT2D eigenvalue weighted by Crippen LogP contribution is 2.24. The molecule has 2 rings (SSSR count). The molecular formula is C14H18N2O2S. The number of aryl methyl sites for hydroxylation is 1. The molecule has 5 heteroatoms.